The van der Waals surface area contributed by atoms with Crippen LogP contribution in [-0.2, 0) is 13.5 Å². The first-order valence-electron chi connectivity index (χ1n) is 8.95. The van der Waals surface area contributed by atoms with E-state index in [0.29, 0.717) is 13.0 Å². The van der Waals surface area contributed by atoms with Crippen LogP contribution >= 0.6 is 0 Å². The molecule has 1 aliphatic heterocycles. The molecule has 3 aromatic rings. The van der Waals surface area contributed by atoms with E-state index in [2.05, 4.69) is 27.9 Å². The lowest BCUT2D eigenvalue weighted by Crippen LogP contribution is -2.22. The normalized spacial score (nSPS) is 17.2. The van der Waals surface area contributed by atoms with E-state index in [4.69, 9.17) is 0 Å². The van der Waals surface area contributed by atoms with Gasteiger partial charge < -0.3 is 14.4 Å². The van der Waals surface area contributed by atoms with Gasteiger partial charge in [0.1, 0.15) is 23.3 Å². The Bertz CT molecular complexity index is 937. The molecule has 0 radical (unpaired) electrons. The standard InChI is InChI=1S/C19H23FN6/c1-4-13-7-19(26-6-5-14(20)11-26)22-10-17(13)25(3)18-8-16-15(9-21-18)23-12-24(16)2/h7-10,12,14H,4-6,11H2,1-3H3/t14-/m1/s1. The number of halogens is 1. The Morgan fingerprint density at radius 3 is 2.81 bits per heavy atom. The summed E-state index contributed by atoms with van der Waals surface area (Å²) in [6.07, 6.45) is 6.15. The number of imidazole rings is 1. The molecule has 0 N–H and O–H groups in total. The molecular weight excluding hydrogens is 331 g/mol. The third kappa shape index (κ3) is 2.87. The maximum Gasteiger partial charge on any atom is 0.134 e. The van der Waals surface area contributed by atoms with Crippen molar-refractivity contribution in [2.24, 2.45) is 7.05 Å². The number of nitrogens with zero attached hydrogens (tertiary/aromatic N) is 6. The highest BCUT2D eigenvalue weighted by Crippen LogP contribution is 2.30. The van der Waals surface area contributed by atoms with Gasteiger partial charge in [-0.25, -0.2) is 19.3 Å². The lowest BCUT2D eigenvalue weighted by molar-refractivity contribution is 0.364. The van der Waals surface area contributed by atoms with E-state index in [-0.39, 0.29) is 0 Å². The largest absolute Gasteiger partial charge is 0.354 e. The monoisotopic (exact) mass is 354 g/mol. The molecule has 0 aliphatic carbocycles. The summed E-state index contributed by atoms with van der Waals surface area (Å²) in [5.41, 5.74) is 4.10. The molecule has 0 spiro atoms. The van der Waals surface area contributed by atoms with E-state index in [1.54, 1.807) is 12.5 Å². The Labute approximate surface area is 152 Å². The second kappa shape index (κ2) is 6.55. The van der Waals surface area contributed by atoms with Crippen molar-refractivity contribution in [3.8, 4) is 0 Å². The van der Waals surface area contributed by atoms with Crippen molar-refractivity contribution in [1.29, 1.82) is 0 Å². The van der Waals surface area contributed by atoms with Crippen molar-refractivity contribution in [3.63, 3.8) is 0 Å². The van der Waals surface area contributed by atoms with Crippen LogP contribution in [0.3, 0.4) is 0 Å². The number of aryl methyl sites for hydroxylation is 2. The van der Waals surface area contributed by atoms with Crippen LogP contribution in [0.25, 0.3) is 11.0 Å². The number of fused-ring (bicyclic) bond motifs is 1. The quantitative estimate of drug-likeness (QED) is 0.720. The van der Waals surface area contributed by atoms with Crippen LogP contribution in [0.5, 0.6) is 0 Å². The first-order chi connectivity index (χ1) is 12.6. The zero-order chi connectivity index (χ0) is 18.3. The maximum atomic E-state index is 13.5. The second-order valence-electron chi connectivity index (χ2n) is 6.80. The Balaban J connectivity index is 1.67. The van der Waals surface area contributed by atoms with Gasteiger partial charge in [0.05, 0.1) is 36.5 Å². The van der Waals surface area contributed by atoms with E-state index in [1.807, 2.05) is 40.7 Å². The van der Waals surface area contributed by atoms with Crippen molar-refractivity contribution < 1.29 is 4.39 Å². The number of hydrogen-bond acceptors (Lipinski definition) is 5. The molecule has 0 saturated carbocycles. The average molecular weight is 354 g/mol. The Morgan fingerprint density at radius 1 is 1.23 bits per heavy atom. The fraction of sp³-hybridized carbons (Fsp3) is 0.421. The molecule has 6 nitrogen and oxygen atoms in total. The summed E-state index contributed by atoms with van der Waals surface area (Å²) in [5, 5.41) is 0. The SMILES string of the molecule is CCc1cc(N2CC[C@@H](F)C2)ncc1N(C)c1cc2c(cn1)ncn2C. The molecule has 26 heavy (non-hydrogen) atoms. The predicted octanol–water partition coefficient (Wildman–Crippen LogP) is 3.24. The van der Waals surface area contributed by atoms with Crippen LogP contribution < -0.4 is 9.80 Å². The topological polar surface area (TPSA) is 50.1 Å². The van der Waals surface area contributed by atoms with Crippen LogP contribution in [0.15, 0.2) is 30.9 Å². The Kier molecular flexibility index (Phi) is 4.22. The molecule has 4 rings (SSSR count). The van der Waals surface area contributed by atoms with Gasteiger partial charge in [-0.1, -0.05) is 6.92 Å². The molecule has 0 amide bonds. The fourth-order valence-corrected chi connectivity index (χ4v) is 3.49. The minimum atomic E-state index is -0.751. The summed E-state index contributed by atoms with van der Waals surface area (Å²) < 4.78 is 15.5. The molecule has 4 heterocycles. The molecule has 0 aromatic carbocycles. The van der Waals surface area contributed by atoms with Gasteiger partial charge in [0.2, 0.25) is 0 Å². The van der Waals surface area contributed by atoms with Crippen molar-refractivity contribution in [3.05, 3.63) is 36.4 Å². The molecule has 1 saturated heterocycles. The molecule has 136 valence electrons. The van der Waals surface area contributed by atoms with Crippen LogP contribution in [-0.4, -0.2) is 45.8 Å². The Morgan fingerprint density at radius 2 is 2.08 bits per heavy atom. The average Bonchev–Trinajstić information content (AvgIpc) is 3.26. The number of hydrogen-bond donors (Lipinski definition) is 0. The first-order valence-corrected chi connectivity index (χ1v) is 8.95. The molecule has 0 unspecified atom stereocenters. The van der Waals surface area contributed by atoms with Crippen molar-refractivity contribution in [2.75, 3.05) is 29.9 Å². The maximum absolute atomic E-state index is 13.5. The molecule has 3 aromatic heterocycles. The number of alkyl halides is 1. The molecule has 1 atom stereocenters. The molecule has 1 fully saturated rings. The fourth-order valence-electron chi connectivity index (χ4n) is 3.49. The molecule has 7 heteroatoms. The summed E-state index contributed by atoms with van der Waals surface area (Å²) in [4.78, 5) is 17.5. The number of aromatic nitrogens is 4. The highest BCUT2D eigenvalue weighted by atomic mass is 19.1. The van der Waals surface area contributed by atoms with Gasteiger partial charge >= 0.3 is 0 Å². The predicted molar refractivity (Wildman–Crippen MR) is 102 cm³/mol. The van der Waals surface area contributed by atoms with Crippen LogP contribution in [0.1, 0.15) is 18.9 Å². The van der Waals surface area contributed by atoms with Crippen LogP contribution in [0.2, 0.25) is 0 Å². The summed E-state index contributed by atoms with van der Waals surface area (Å²) in [5.74, 6) is 1.70. The van der Waals surface area contributed by atoms with Gasteiger partial charge in [0.15, 0.2) is 0 Å². The number of pyridine rings is 2. The smallest absolute Gasteiger partial charge is 0.134 e. The highest BCUT2D eigenvalue weighted by Gasteiger charge is 2.23. The zero-order valence-electron chi connectivity index (χ0n) is 15.4. The second-order valence-corrected chi connectivity index (χ2v) is 6.80. The lowest BCUT2D eigenvalue weighted by atomic mass is 10.1. The first kappa shape index (κ1) is 16.8. The van der Waals surface area contributed by atoms with Gasteiger partial charge in [-0.15, -0.1) is 0 Å². The van der Waals surface area contributed by atoms with E-state index in [0.717, 1.165) is 41.3 Å². The Hall–Kier alpha value is -2.70. The summed E-state index contributed by atoms with van der Waals surface area (Å²) in [6, 6.07) is 4.11. The van der Waals surface area contributed by atoms with Crippen LogP contribution in [0.4, 0.5) is 21.7 Å². The lowest BCUT2D eigenvalue weighted by Gasteiger charge is -2.23. The summed E-state index contributed by atoms with van der Waals surface area (Å²) in [7, 11) is 3.97. The van der Waals surface area contributed by atoms with Gasteiger partial charge in [0, 0.05) is 26.7 Å². The van der Waals surface area contributed by atoms with E-state index < -0.39 is 6.17 Å². The third-order valence-corrected chi connectivity index (χ3v) is 5.09. The van der Waals surface area contributed by atoms with E-state index in [9.17, 15) is 4.39 Å². The van der Waals surface area contributed by atoms with E-state index >= 15 is 0 Å². The minimum Gasteiger partial charge on any atom is -0.354 e. The molecule has 1 aliphatic rings. The number of rotatable bonds is 4. The summed E-state index contributed by atoms with van der Waals surface area (Å²) in [6.45, 7) is 3.28. The van der Waals surface area contributed by atoms with Gasteiger partial charge in [-0.2, -0.15) is 0 Å². The van der Waals surface area contributed by atoms with Gasteiger partial charge in [-0.05, 0) is 24.5 Å². The third-order valence-electron chi connectivity index (χ3n) is 5.09. The number of anilines is 3. The van der Waals surface area contributed by atoms with Crippen molar-refractivity contribution in [1.82, 2.24) is 19.5 Å². The summed E-state index contributed by atoms with van der Waals surface area (Å²) >= 11 is 0. The van der Waals surface area contributed by atoms with Crippen molar-refractivity contribution in [2.45, 2.75) is 25.9 Å². The molecule has 0 bridgehead atoms. The zero-order valence-corrected chi connectivity index (χ0v) is 15.4. The van der Waals surface area contributed by atoms with Crippen molar-refractivity contribution >= 4 is 28.4 Å². The minimum absolute atomic E-state index is 0.435. The highest BCUT2D eigenvalue weighted by molar-refractivity contribution is 5.79. The van der Waals surface area contributed by atoms with Gasteiger partial charge in [0.25, 0.3) is 0 Å². The van der Waals surface area contributed by atoms with Gasteiger partial charge in [-0.3, -0.25) is 0 Å². The van der Waals surface area contributed by atoms with E-state index in [1.165, 1.54) is 5.56 Å². The molecular formula is C19H23FN6. The van der Waals surface area contributed by atoms with Crippen LogP contribution in [0, 0.1) is 0 Å².